The van der Waals surface area contributed by atoms with Crippen molar-refractivity contribution in [1.29, 1.82) is 0 Å². The normalized spacial score (nSPS) is 21.6. The SMILES string of the molecule is Cc1nn(C)cc1-c1ccc(CN(C(=O)O)C2[C@H]3CNC[C@@H]23)nn1.O=C(O)C(F)(F)F. The summed E-state index contributed by atoms with van der Waals surface area (Å²) in [5.74, 6) is -1.86. The molecule has 13 heteroatoms. The zero-order valence-corrected chi connectivity index (χ0v) is 16.7. The second-order valence-corrected chi connectivity index (χ2v) is 7.40. The van der Waals surface area contributed by atoms with Gasteiger partial charge in [0.25, 0.3) is 0 Å². The van der Waals surface area contributed by atoms with Crippen LogP contribution in [-0.2, 0) is 18.4 Å². The van der Waals surface area contributed by atoms with Crippen LogP contribution in [0.2, 0.25) is 0 Å². The maximum Gasteiger partial charge on any atom is 0.490 e. The monoisotopic (exact) mass is 442 g/mol. The van der Waals surface area contributed by atoms with Crippen molar-refractivity contribution in [3.05, 3.63) is 29.7 Å². The second kappa shape index (κ2) is 8.49. The Morgan fingerprint density at radius 3 is 2.26 bits per heavy atom. The highest BCUT2D eigenvalue weighted by Gasteiger charge is 2.57. The van der Waals surface area contributed by atoms with Gasteiger partial charge in [-0.3, -0.25) is 9.58 Å². The van der Waals surface area contributed by atoms with E-state index in [1.165, 1.54) is 4.90 Å². The van der Waals surface area contributed by atoms with Crippen LogP contribution in [0.25, 0.3) is 11.3 Å². The molecule has 3 N–H and O–H groups in total. The lowest BCUT2D eigenvalue weighted by atomic mass is 10.2. The van der Waals surface area contributed by atoms with Gasteiger partial charge >= 0.3 is 18.2 Å². The molecule has 0 bridgehead atoms. The minimum Gasteiger partial charge on any atom is -0.475 e. The van der Waals surface area contributed by atoms with Gasteiger partial charge in [-0.2, -0.15) is 28.5 Å². The fraction of sp³-hybridized carbons (Fsp3) is 0.500. The molecule has 1 amide bonds. The molecule has 3 heterocycles. The fourth-order valence-electron chi connectivity index (χ4n) is 3.76. The number of hydrogen-bond acceptors (Lipinski definition) is 6. The van der Waals surface area contributed by atoms with Gasteiger partial charge in [-0.05, 0) is 30.9 Å². The van der Waals surface area contributed by atoms with Crippen LogP contribution in [0.1, 0.15) is 11.4 Å². The molecular weight excluding hydrogens is 421 g/mol. The van der Waals surface area contributed by atoms with Crippen molar-refractivity contribution in [2.45, 2.75) is 25.7 Å². The molecule has 0 spiro atoms. The first-order valence-electron chi connectivity index (χ1n) is 9.32. The topological polar surface area (TPSA) is 133 Å². The van der Waals surface area contributed by atoms with Crippen LogP contribution < -0.4 is 5.32 Å². The summed E-state index contributed by atoms with van der Waals surface area (Å²) >= 11 is 0. The Balaban J connectivity index is 0.000000339. The first-order valence-corrected chi connectivity index (χ1v) is 9.32. The van der Waals surface area contributed by atoms with E-state index in [2.05, 4.69) is 20.6 Å². The number of alkyl halides is 3. The van der Waals surface area contributed by atoms with Crippen molar-refractivity contribution in [3.63, 3.8) is 0 Å². The van der Waals surface area contributed by atoms with Crippen LogP contribution >= 0.6 is 0 Å². The molecule has 3 atom stereocenters. The number of carboxylic acid groups (broad SMARTS) is 2. The van der Waals surface area contributed by atoms with Gasteiger partial charge in [0.15, 0.2) is 0 Å². The highest BCUT2D eigenvalue weighted by atomic mass is 19.4. The summed E-state index contributed by atoms with van der Waals surface area (Å²) < 4.78 is 33.5. The summed E-state index contributed by atoms with van der Waals surface area (Å²) in [4.78, 5) is 22.0. The Kier molecular flexibility index (Phi) is 6.15. The lowest BCUT2D eigenvalue weighted by Gasteiger charge is -2.21. The number of nitrogens with one attached hydrogen (secondary N) is 1. The predicted octanol–water partition coefficient (Wildman–Crippen LogP) is 1.52. The first kappa shape index (κ1) is 22.5. The quantitative estimate of drug-likeness (QED) is 0.649. The lowest BCUT2D eigenvalue weighted by Crippen LogP contribution is -2.36. The number of carbonyl (C=O) groups is 2. The molecule has 10 nitrogen and oxygen atoms in total. The molecule has 1 saturated heterocycles. The molecule has 1 aliphatic heterocycles. The van der Waals surface area contributed by atoms with Crippen molar-refractivity contribution in [2.24, 2.45) is 18.9 Å². The van der Waals surface area contributed by atoms with E-state index in [1.54, 1.807) is 4.68 Å². The van der Waals surface area contributed by atoms with Crippen LogP contribution in [0.3, 0.4) is 0 Å². The third-order valence-electron chi connectivity index (χ3n) is 5.24. The Morgan fingerprint density at radius 2 is 1.84 bits per heavy atom. The molecule has 2 fully saturated rings. The Hall–Kier alpha value is -3.22. The van der Waals surface area contributed by atoms with Gasteiger partial charge in [-0.1, -0.05) is 0 Å². The van der Waals surface area contributed by atoms with Crippen LogP contribution in [0.4, 0.5) is 18.0 Å². The van der Waals surface area contributed by atoms with Gasteiger partial charge in [0, 0.05) is 37.9 Å². The zero-order valence-electron chi connectivity index (χ0n) is 16.7. The molecule has 2 aliphatic rings. The lowest BCUT2D eigenvalue weighted by molar-refractivity contribution is -0.192. The highest BCUT2D eigenvalue weighted by Crippen LogP contribution is 2.46. The van der Waals surface area contributed by atoms with Gasteiger partial charge in [0.05, 0.1) is 23.6 Å². The minimum absolute atomic E-state index is 0.116. The van der Waals surface area contributed by atoms with Crippen LogP contribution in [-0.4, -0.2) is 72.5 Å². The molecule has 2 aromatic heterocycles. The van der Waals surface area contributed by atoms with Crippen molar-refractivity contribution < 1.29 is 33.0 Å². The summed E-state index contributed by atoms with van der Waals surface area (Å²) in [6.07, 6.45) is -4.07. The van der Waals surface area contributed by atoms with Crippen LogP contribution in [0, 0.1) is 18.8 Å². The van der Waals surface area contributed by atoms with E-state index in [-0.39, 0.29) is 12.6 Å². The molecule has 1 unspecified atom stereocenters. The highest BCUT2D eigenvalue weighted by molar-refractivity contribution is 5.73. The Bertz CT molecular complexity index is 952. The van der Waals surface area contributed by atoms with Gasteiger partial charge in [-0.15, -0.1) is 0 Å². The first-order chi connectivity index (χ1) is 14.5. The Morgan fingerprint density at radius 1 is 1.23 bits per heavy atom. The Labute approximate surface area is 174 Å². The van der Waals surface area contributed by atoms with Crippen LogP contribution in [0.5, 0.6) is 0 Å². The maximum absolute atomic E-state index is 11.6. The van der Waals surface area contributed by atoms with Crippen molar-refractivity contribution in [3.8, 4) is 11.3 Å². The summed E-state index contributed by atoms with van der Waals surface area (Å²) in [6.45, 7) is 4.03. The number of carboxylic acids is 1. The molecule has 31 heavy (non-hydrogen) atoms. The number of halogens is 3. The average molecular weight is 442 g/mol. The minimum atomic E-state index is -5.08. The summed E-state index contributed by atoms with van der Waals surface area (Å²) in [5.41, 5.74) is 3.25. The number of aryl methyl sites for hydroxylation is 2. The smallest absolute Gasteiger partial charge is 0.475 e. The largest absolute Gasteiger partial charge is 0.490 e. The molecule has 168 valence electrons. The number of nitrogens with zero attached hydrogens (tertiary/aromatic N) is 5. The van der Waals surface area contributed by atoms with E-state index in [0.717, 1.165) is 30.0 Å². The standard InChI is InChI=1S/C16H20N6O2.C2HF3O2/c1-9-13(8-21(2)20-9)14-4-3-10(18-19-14)7-22(16(23)24)15-11-5-17-6-12(11)15;3-2(4,5)1(6)7/h3-4,8,11-12,15,17H,5-7H2,1-2H3,(H,23,24);(H,6,7)/t11-,12+,15?;. The van der Waals surface area contributed by atoms with E-state index in [9.17, 15) is 23.1 Å². The fourth-order valence-corrected chi connectivity index (χ4v) is 3.76. The van der Waals surface area contributed by atoms with E-state index in [4.69, 9.17) is 9.90 Å². The number of aliphatic carboxylic acids is 1. The van der Waals surface area contributed by atoms with Crippen molar-refractivity contribution in [1.82, 2.24) is 30.2 Å². The molecule has 0 radical (unpaired) electrons. The third-order valence-corrected chi connectivity index (χ3v) is 5.24. The number of amides is 1. The van der Waals surface area contributed by atoms with Gasteiger partial charge in [0.1, 0.15) is 0 Å². The third kappa shape index (κ3) is 5.10. The summed E-state index contributed by atoms with van der Waals surface area (Å²) in [7, 11) is 1.87. The van der Waals surface area contributed by atoms with Crippen molar-refractivity contribution in [2.75, 3.05) is 13.1 Å². The maximum atomic E-state index is 11.6. The molecule has 0 aromatic carbocycles. The van der Waals surface area contributed by atoms with E-state index in [0.29, 0.717) is 17.5 Å². The number of piperidine rings is 1. The number of aromatic nitrogens is 4. The van der Waals surface area contributed by atoms with E-state index >= 15 is 0 Å². The average Bonchev–Trinajstić information content (AvgIpc) is 2.99. The predicted molar refractivity (Wildman–Crippen MR) is 99.9 cm³/mol. The van der Waals surface area contributed by atoms with Crippen LogP contribution in [0.15, 0.2) is 18.3 Å². The summed E-state index contributed by atoms with van der Waals surface area (Å²) in [6, 6.07) is 3.84. The zero-order chi connectivity index (χ0) is 22.9. The number of fused-ring (bicyclic) bond motifs is 1. The molecule has 1 saturated carbocycles. The van der Waals surface area contributed by atoms with Gasteiger partial charge in [0.2, 0.25) is 0 Å². The van der Waals surface area contributed by atoms with Gasteiger partial charge < -0.3 is 15.5 Å². The molecule has 4 rings (SSSR count). The summed E-state index contributed by atoms with van der Waals surface area (Å²) in [5, 5.41) is 32.7. The molecule has 1 aliphatic carbocycles. The molecule has 2 aromatic rings. The van der Waals surface area contributed by atoms with Crippen molar-refractivity contribution >= 4 is 12.1 Å². The second-order valence-electron chi connectivity index (χ2n) is 7.40. The molecular formula is C18H21F3N6O4. The number of rotatable bonds is 4. The van der Waals surface area contributed by atoms with E-state index in [1.807, 2.05) is 32.3 Å². The number of hydrogen-bond donors (Lipinski definition) is 3. The van der Waals surface area contributed by atoms with Gasteiger partial charge in [-0.25, -0.2) is 9.59 Å². The van der Waals surface area contributed by atoms with E-state index < -0.39 is 18.2 Å².